The molecule has 0 radical (unpaired) electrons. The van der Waals surface area contributed by atoms with Gasteiger partial charge in [0.25, 0.3) is 0 Å². The van der Waals surface area contributed by atoms with E-state index < -0.39 is 11.7 Å². The number of ether oxygens (including phenoxy) is 2. The monoisotopic (exact) mass is 707 g/mol. The third-order valence-corrected chi connectivity index (χ3v) is 10.2. The van der Waals surface area contributed by atoms with Crippen LogP contribution < -0.4 is 10.6 Å². The molecule has 250 valence electrons. The molecular weight excluding hydrogens is 665 g/mol. The van der Waals surface area contributed by atoms with Gasteiger partial charge in [-0.25, -0.2) is 9.78 Å². The Morgan fingerprint density at radius 1 is 1.15 bits per heavy atom. The van der Waals surface area contributed by atoms with Crippen molar-refractivity contribution in [3.05, 3.63) is 63.5 Å². The maximum absolute atomic E-state index is 12.7. The van der Waals surface area contributed by atoms with Crippen LogP contribution in [0.15, 0.2) is 52.2 Å². The van der Waals surface area contributed by atoms with Gasteiger partial charge >= 0.3 is 6.09 Å². The Hall–Kier alpha value is -2.54. The number of carbonyl (C=O) groups is 2. The summed E-state index contributed by atoms with van der Waals surface area (Å²) in [6.45, 7) is 9.02. The molecule has 0 unspecified atom stereocenters. The molecule has 0 bridgehead atoms. The summed E-state index contributed by atoms with van der Waals surface area (Å²) < 4.78 is 11.7. The number of piperidine rings is 1. The number of thioether (sulfide) groups is 1. The zero-order chi connectivity index (χ0) is 33.3. The number of benzene rings is 2. The predicted octanol–water partition coefficient (Wildman–Crippen LogP) is 7.28. The van der Waals surface area contributed by atoms with Crippen molar-refractivity contribution in [2.75, 3.05) is 51.5 Å². The van der Waals surface area contributed by atoms with Crippen LogP contribution in [0.2, 0.25) is 10.0 Å². The number of halogens is 2. The molecule has 9 nitrogen and oxygen atoms in total. The molecule has 1 aliphatic rings. The highest BCUT2D eigenvalue weighted by molar-refractivity contribution is 8.01. The average Bonchev–Trinajstić information content (AvgIpc) is 3.49. The first kappa shape index (κ1) is 36.3. The quantitative estimate of drug-likeness (QED) is 0.179. The first-order valence-corrected chi connectivity index (χ1v) is 17.9. The summed E-state index contributed by atoms with van der Waals surface area (Å²) in [6.07, 6.45) is 1.42. The molecule has 2 N–H and O–H groups in total. The summed E-state index contributed by atoms with van der Waals surface area (Å²) in [5.74, 6) is 0.349. The second-order valence-corrected chi connectivity index (χ2v) is 15.2. The second kappa shape index (κ2) is 17.0. The van der Waals surface area contributed by atoms with E-state index in [0.29, 0.717) is 28.9 Å². The molecule has 46 heavy (non-hydrogen) atoms. The van der Waals surface area contributed by atoms with Gasteiger partial charge in [0.15, 0.2) is 4.34 Å². The SMILES string of the molecule is COC[C@H](CNc1cccc(-c2csc(SCC(=O)NC3CCN(Cc4ccc(Cl)c(Cl)c4)CC3)n2)c1)N(C)C(=O)OC(C)(C)C. The molecule has 1 fully saturated rings. The number of aromatic nitrogens is 1. The van der Waals surface area contributed by atoms with E-state index in [1.54, 1.807) is 19.1 Å². The van der Waals surface area contributed by atoms with Crippen LogP contribution in [0.1, 0.15) is 39.2 Å². The molecule has 1 aliphatic heterocycles. The van der Waals surface area contributed by atoms with Crippen LogP contribution in [-0.4, -0.2) is 90.6 Å². The van der Waals surface area contributed by atoms with Crippen molar-refractivity contribution in [1.82, 2.24) is 20.1 Å². The fourth-order valence-electron chi connectivity index (χ4n) is 4.99. The molecular formula is C33H43Cl2N5O4S2. The number of carbonyl (C=O) groups excluding carboxylic acids is 2. The highest BCUT2D eigenvalue weighted by atomic mass is 35.5. The molecule has 0 spiro atoms. The van der Waals surface area contributed by atoms with Crippen LogP contribution in [0.25, 0.3) is 11.3 Å². The summed E-state index contributed by atoms with van der Waals surface area (Å²) in [6, 6.07) is 13.7. The lowest BCUT2D eigenvalue weighted by molar-refractivity contribution is -0.119. The molecule has 1 atom stereocenters. The van der Waals surface area contributed by atoms with Crippen molar-refractivity contribution < 1.29 is 19.1 Å². The summed E-state index contributed by atoms with van der Waals surface area (Å²) in [5.41, 5.74) is 3.28. The number of likely N-dealkylation sites (N-methyl/N-ethyl adjacent to an activating group) is 1. The molecule has 4 rings (SSSR count). The Morgan fingerprint density at radius 3 is 2.61 bits per heavy atom. The number of nitrogens with zero attached hydrogens (tertiary/aromatic N) is 3. The molecule has 2 aromatic carbocycles. The molecule has 2 heterocycles. The smallest absolute Gasteiger partial charge is 0.410 e. The van der Waals surface area contributed by atoms with E-state index in [0.717, 1.165) is 59.3 Å². The first-order valence-electron chi connectivity index (χ1n) is 15.2. The van der Waals surface area contributed by atoms with E-state index in [2.05, 4.69) is 15.5 Å². The topological polar surface area (TPSA) is 96.0 Å². The molecule has 13 heteroatoms. The van der Waals surface area contributed by atoms with Crippen LogP contribution in [0.4, 0.5) is 10.5 Å². The lowest BCUT2D eigenvalue weighted by Crippen LogP contribution is -2.46. The van der Waals surface area contributed by atoms with Crippen molar-refractivity contribution in [3.63, 3.8) is 0 Å². The second-order valence-electron chi connectivity index (χ2n) is 12.3. The van der Waals surface area contributed by atoms with Gasteiger partial charge in [0.1, 0.15) is 5.60 Å². The minimum atomic E-state index is -0.577. The summed E-state index contributed by atoms with van der Waals surface area (Å²) in [4.78, 5) is 34.0. The van der Waals surface area contributed by atoms with Gasteiger partial charge < -0.3 is 25.0 Å². The number of nitrogens with one attached hydrogen (secondary N) is 2. The van der Waals surface area contributed by atoms with Crippen LogP contribution in [0, 0.1) is 0 Å². The third-order valence-electron chi connectivity index (χ3n) is 7.44. The summed E-state index contributed by atoms with van der Waals surface area (Å²) >= 11 is 15.2. The Balaban J connectivity index is 1.22. The van der Waals surface area contributed by atoms with Crippen molar-refractivity contribution >= 4 is 64.0 Å². The maximum Gasteiger partial charge on any atom is 0.410 e. The average molecular weight is 709 g/mol. The minimum absolute atomic E-state index is 0.0258. The van der Waals surface area contributed by atoms with Crippen molar-refractivity contribution in [2.24, 2.45) is 0 Å². The molecule has 0 saturated carbocycles. The Morgan fingerprint density at radius 2 is 1.91 bits per heavy atom. The van der Waals surface area contributed by atoms with E-state index in [4.69, 9.17) is 37.7 Å². The van der Waals surface area contributed by atoms with E-state index in [9.17, 15) is 9.59 Å². The van der Waals surface area contributed by atoms with Crippen LogP contribution in [-0.2, 0) is 20.8 Å². The third kappa shape index (κ3) is 11.3. The number of likely N-dealkylation sites (tertiary alicyclic amines) is 1. The maximum atomic E-state index is 12.7. The lowest BCUT2D eigenvalue weighted by Gasteiger charge is -2.32. The van der Waals surface area contributed by atoms with Crippen molar-refractivity contribution in [3.8, 4) is 11.3 Å². The van der Waals surface area contributed by atoms with Crippen molar-refractivity contribution in [2.45, 2.75) is 62.2 Å². The molecule has 0 aliphatic carbocycles. The number of hydrogen-bond donors (Lipinski definition) is 2. The van der Waals surface area contributed by atoms with E-state index >= 15 is 0 Å². The normalized spacial score (nSPS) is 14.9. The van der Waals surface area contributed by atoms with Gasteiger partial charge in [-0.3, -0.25) is 9.69 Å². The zero-order valence-electron chi connectivity index (χ0n) is 27.0. The number of amides is 2. The van der Waals surface area contributed by atoms with Crippen LogP contribution >= 0.6 is 46.3 Å². The summed E-state index contributed by atoms with van der Waals surface area (Å²) in [7, 11) is 3.33. The minimum Gasteiger partial charge on any atom is -0.444 e. The van der Waals surface area contributed by atoms with Gasteiger partial charge in [-0.1, -0.05) is 53.2 Å². The Kier molecular flexibility index (Phi) is 13.4. The molecule has 3 aromatic rings. The predicted molar refractivity (Wildman–Crippen MR) is 189 cm³/mol. The van der Waals surface area contributed by atoms with Gasteiger partial charge in [0.05, 0.1) is 34.1 Å². The molecule has 1 aromatic heterocycles. The zero-order valence-corrected chi connectivity index (χ0v) is 30.1. The van der Waals surface area contributed by atoms with Crippen molar-refractivity contribution in [1.29, 1.82) is 0 Å². The van der Waals surface area contributed by atoms with E-state index in [1.807, 2.05) is 68.6 Å². The number of thiazole rings is 1. The van der Waals surface area contributed by atoms with Gasteiger partial charge in [0.2, 0.25) is 5.91 Å². The van der Waals surface area contributed by atoms with Gasteiger partial charge in [-0.05, 0) is 63.4 Å². The Labute approximate surface area is 290 Å². The first-order chi connectivity index (χ1) is 21.9. The van der Waals surface area contributed by atoms with Gasteiger partial charge in [-0.15, -0.1) is 11.3 Å². The van der Waals surface area contributed by atoms with Gasteiger partial charge in [-0.2, -0.15) is 0 Å². The molecule has 2 amide bonds. The fraction of sp³-hybridized carbons (Fsp3) is 0.485. The number of methoxy groups -OCH3 is 1. The van der Waals surface area contributed by atoms with Gasteiger partial charge in [0, 0.05) is 63.0 Å². The highest BCUT2D eigenvalue weighted by Gasteiger charge is 2.25. The van der Waals surface area contributed by atoms with E-state index in [-0.39, 0.29) is 18.0 Å². The van der Waals surface area contributed by atoms with Crippen LogP contribution in [0.3, 0.4) is 0 Å². The lowest BCUT2D eigenvalue weighted by atomic mass is 10.0. The van der Waals surface area contributed by atoms with Crippen LogP contribution in [0.5, 0.6) is 0 Å². The Bertz CT molecular complexity index is 1460. The molecule has 1 saturated heterocycles. The number of rotatable bonds is 13. The number of hydrogen-bond acceptors (Lipinski definition) is 9. The summed E-state index contributed by atoms with van der Waals surface area (Å²) in [5, 5.41) is 9.76. The van der Waals surface area contributed by atoms with E-state index in [1.165, 1.54) is 23.1 Å². The standard InChI is InChI=1S/C33H43Cl2N5O4S2/c1-33(2,3)44-32(42)39(4)26(19-43-5)17-36-25-8-6-7-23(16-25)29-20-45-31(38-29)46-21-30(41)37-24-11-13-40(14-12-24)18-22-9-10-27(34)28(35)15-22/h6-10,15-16,20,24,26,36H,11-14,17-19,21H2,1-5H3,(H,37,41)/t26-/m0/s1. The fourth-order valence-corrected chi connectivity index (χ4v) is 6.96. The largest absolute Gasteiger partial charge is 0.444 e. The number of anilines is 1. The highest BCUT2D eigenvalue weighted by Crippen LogP contribution is 2.30.